The van der Waals surface area contributed by atoms with Gasteiger partial charge in [-0.15, -0.1) is 0 Å². The fourth-order valence-corrected chi connectivity index (χ4v) is 5.12. The number of rotatable bonds is 4. The van der Waals surface area contributed by atoms with Crippen LogP contribution in [0.3, 0.4) is 0 Å². The molecule has 2 aliphatic heterocycles. The molecule has 1 atom stereocenters. The van der Waals surface area contributed by atoms with Crippen LogP contribution >= 0.6 is 0 Å². The maximum absolute atomic E-state index is 5.76. The maximum Gasteiger partial charge on any atom is 0.165 e. The van der Waals surface area contributed by atoms with E-state index in [2.05, 4.69) is 36.9 Å². The summed E-state index contributed by atoms with van der Waals surface area (Å²) in [7, 11) is 6.81. The molecule has 0 aromatic heterocycles. The molecule has 2 heterocycles. The van der Waals surface area contributed by atoms with E-state index in [-0.39, 0.29) is 11.5 Å². The zero-order valence-electron chi connectivity index (χ0n) is 17.6. The van der Waals surface area contributed by atoms with Gasteiger partial charge in [-0.25, -0.2) is 0 Å². The molecule has 2 aromatic rings. The van der Waals surface area contributed by atoms with Gasteiger partial charge in [-0.1, -0.05) is 19.9 Å². The number of ether oxygens (including phenoxy) is 4. The highest BCUT2D eigenvalue weighted by molar-refractivity contribution is 5.57. The molecular formula is C23H29NO4. The number of benzene rings is 2. The average molecular weight is 383 g/mol. The minimum absolute atomic E-state index is 0.0953. The highest BCUT2D eigenvalue weighted by Gasteiger charge is 2.46. The van der Waals surface area contributed by atoms with Crippen molar-refractivity contribution in [1.82, 2.24) is 4.90 Å². The van der Waals surface area contributed by atoms with E-state index < -0.39 is 0 Å². The lowest BCUT2D eigenvalue weighted by molar-refractivity contribution is 0.0933. The molecule has 0 fully saturated rings. The SMILES string of the molecule is COc1cc2c(cc1OC)[C@H]1N(CC2)Cc2c(ccc(OC)c2OC)C1(C)C. The van der Waals surface area contributed by atoms with Crippen molar-refractivity contribution in [2.45, 2.75) is 38.3 Å². The molecule has 5 nitrogen and oxygen atoms in total. The minimum atomic E-state index is -0.0953. The smallest absolute Gasteiger partial charge is 0.165 e. The Labute approximate surface area is 167 Å². The number of hydrogen-bond donors (Lipinski definition) is 0. The molecule has 0 bridgehead atoms. The van der Waals surface area contributed by atoms with Crippen LogP contribution in [-0.4, -0.2) is 39.9 Å². The summed E-state index contributed by atoms with van der Waals surface area (Å²) in [5.74, 6) is 3.23. The lowest BCUT2D eigenvalue weighted by Gasteiger charge is -2.51. The van der Waals surface area contributed by atoms with Crippen LogP contribution in [0.4, 0.5) is 0 Å². The standard InChI is InChI=1S/C23H29NO4/c1-23(2)17-7-8-18(25-3)21(28-6)16(17)13-24-10-9-14-11-19(26-4)20(27-5)12-15(14)22(23)24/h7-8,11-12,22H,9-10,13H2,1-6H3/t22-/m1/s1. The van der Waals surface area contributed by atoms with E-state index in [4.69, 9.17) is 18.9 Å². The van der Waals surface area contributed by atoms with Crippen molar-refractivity contribution in [2.75, 3.05) is 35.0 Å². The van der Waals surface area contributed by atoms with E-state index in [0.717, 1.165) is 42.5 Å². The summed E-state index contributed by atoms with van der Waals surface area (Å²) < 4.78 is 22.4. The lowest BCUT2D eigenvalue weighted by atomic mass is 9.67. The van der Waals surface area contributed by atoms with Gasteiger partial charge < -0.3 is 18.9 Å². The average Bonchev–Trinajstić information content (AvgIpc) is 2.71. The summed E-state index contributed by atoms with van der Waals surface area (Å²) in [4.78, 5) is 2.55. The van der Waals surface area contributed by atoms with Crippen molar-refractivity contribution in [3.8, 4) is 23.0 Å². The molecule has 0 unspecified atom stereocenters. The highest BCUT2D eigenvalue weighted by atomic mass is 16.5. The Hall–Kier alpha value is -2.40. The molecule has 0 aliphatic carbocycles. The van der Waals surface area contributed by atoms with E-state index in [1.807, 2.05) is 6.07 Å². The van der Waals surface area contributed by atoms with Crippen LogP contribution in [0.1, 0.15) is 42.1 Å². The van der Waals surface area contributed by atoms with Crippen LogP contribution in [0.25, 0.3) is 0 Å². The van der Waals surface area contributed by atoms with Crippen LogP contribution in [0.2, 0.25) is 0 Å². The summed E-state index contributed by atoms with van der Waals surface area (Å²) >= 11 is 0. The molecule has 28 heavy (non-hydrogen) atoms. The Balaban J connectivity index is 1.89. The molecule has 4 rings (SSSR count). The van der Waals surface area contributed by atoms with Crippen molar-refractivity contribution in [1.29, 1.82) is 0 Å². The van der Waals surface area contributed by atoms with Gasteiger partial charge in [0, 0.05) is 30.1 Å². The molecule has 2 aliphatic rings. The van der Waals surface area contributed by atoms with Crippen molar-refractivity contribution in [3.63, 3.8) is 0 Å². The molecule has 150 valence electrons. The summed E-state index contributed by atoms with van der Waals surface area (Å²) in [5.41, 5.74) is 5.12. The molecule has 0 saturated heterocycles. The lowest BCUT2D eigenvalue weighted by Crippen LogP contribution is -2.48. The maximum atomic E-state index is 5.76. The molecular weight excluding hydrogens is 354 g/mol. The Morgan fingerprint density at radius 1 is 0.893 bits per heavy atom. The van der Waals surface area contributed by atoms with Crippen LogP contribution in [-0.2, 0) is 18.4 Å². The van der Waals surface area contributed by atoms with Gasteiger partial charge in [-0.2, -0.15) is 0 Å². The zero-order valence-corrected chi connectivity index (χ0v) is 17.6. The normalized spacial score (nSPS) is 19.9. The summed E-state index contributed by atoms with van der Waals surface area (Å²) in [6.07, 6.45) is 0.990. The van der Waals surface area contributed by atoms with Crippen LogP contribution < -0.4 is 18.9 Å². The second-order valence-corrected chi connectivity index (χ2v) is 8.08. The van der Waals surface area contributed by atoms with Crippen molar-refractivity contribution < 1.29 is 18.9 Å². The molecule has 2 aromatic carbocycles. The Morgan fingerprint density at radius 2 is 1.57 bits per heavy atom. The number of hydrogen-bond acceptors (Lipinski definition) is 5. The molecule has 0 N–H and O–H groups in total. The van der Waals surface area contributed by atoms with Gasteiger partial charge in [0.05, 0.1) is 28.4 Å². The van der Waals surface area contributed by atoms with Gasteiger partial charge in [-0.05, 0) is 41.3 Å². The first-order valence-electron chi connectivity index (χ1n) is 9.69. The fourth-order valence-electron chi connectivity index (χ4n) is 5.12. The summed E-state index contributed by atoms with van der Waals surface area (Å²) in [6.45, 7) is 6.48. The highest BCUT2D eigenvalue weighted by Crippen LogP contribution is 2.53. The van der Waals surface area contributed by atoms with Gasteiger partial charge in [0.1, 0.15) is 0 Å². The third-order valence-electron chi connectivity index (χ3n) is 6.36. The van der Waals surface area contributed by atoms with Gasteiger partial charge in [0.2, 0.25) is 0 Å². The third-order valence-corrected chi connectivity index (χ3v) is 6.36. The second kappa shape index (κ2) is 6.89. The summed E-state index contributed by atoms with van der Waals surface area (Å²) in [6, 6.07) is 8.79. The van der Waals surface area contributed by atoms with Gasteiger partial charge in [0.15, 0.2) is 23.0 Å². The first kappa shape index (κ1) is 18.9. The van der Waals surface area contributed by atoms with E-state index in [9.17, 15) is 0 Å². The molecule has 0 amide bonds. The molecule has 0 radical (unpaired) electrons. The van der Waals surface area contributed by atoms with Gasteiger partial charge in [0.25, 0.3) is 0 Å². The van der Waals surface area contributed by atoms with Gasteiger partial charge >= 0.3 is 0 Å². The van der Waals surface area contributed by atoms with Crippen LogP contribution in [0.15, 0.2) is 24.3 Å². The largest absolute Gasteiger partial charge is 0.493 e. The minimum Gasteiger partial charge on any atom is -0.493 e. The van der Waals surface area contributed by atoms with Crippen LogP contribution in [0.5, 0.6) is 23.0 Å². The predicted molar refractivity (Wildman–Crippen MR) is 109 cm³/mol. The molecule has 0 saturated carbocycles. The topological polar surface area (TPSA) is 40.2 Å². The number of nitrogens with zero attached hydrogens (tertiary/aromatic N) is 1. The molecule has 0 spiro atoms. The molecule has 5 heteroatoms. The number of fused-ring (bicyclic) bond motifs is 4. The fraction of sp³-hybridized carbons (Fsp3) is 0.478. The predicted octanol–water partition coefficient (Wildman–Crippen LogP) is 4.11. The van der Waals surface area contributed by atoms with E-state index >= 15 is 0 Å². The van der Waals surface area contributed by atoms with Crippen molar-refractivity contribution in [3.05, 3.63) is 46.5 Å². The monoisotopic (exact) mass is 383 g/mol. The van der Waals surface area contributed by atoms with Gasteiger partial charge in [-0.3, -0.25) is 4.90 Å². The quantitative estimate of drug-likeness (QED) is 0.795. The van der Waals surface area contributed by atoms with Crippen molar-refractivity contribution in [2.24, 2.45) is 0 Å². The number of methoxy groups -OCH3 is 4. The second-order valence-electron chi connectivity index (χ2n) is 8.08. The summed E-state index contributed by atoms with van der Waals surface area (Å²) in [5, 5.41) is 0. The van der Waals surface area contributed by atoms with E-state index in [1.165, 1.54) is 22.3 Å². The third kappa shape index (κ3) is 2.64. The van der Waals surface area contributed by atoms with Crippen molar-refractivity contribution >= 4 is 0 Å². The van der Waals surface area contributed by atoms with E-state index in [1.54, 1.807) is 28.4 Å². The van der Waals surface area contributed by atoms with Crippen LogP contribution in [0, 0.1) is 0 Å². The Morgan fingerprint density at radius 3 is 2.21 bits per heavy atom. The first-order chi connectivity index (χ1) is 13.5. The first-order valence-corrected chi connectivity index (χ1v) is 9.69. The Bertz CT molecular complexity index is 906. The zero-order chi connectivity index (χ0) is 20.1. The van der Waals surface area contributed by atoms with E-state index in [0.29, 0.717) is 0 Å². The Kier molecular flexibility index (Phi) is 4.66.